The minimum absolute atomic E-state index is 0.0231. The molecular weight excluding hydrogens is 473 g/mol. The van der Waals surface area contributed by atoms with Crippen LogP contribution in [0.2, 0.25) is 5.02 Å². The summed E-state index contributed by atoms with van der Waals surface area (Å²) in [4.78, 5) is 30.4. The first kappa shape index (κ1) is 24.1. The lowest BCUT2D eigenvalue weighted by molar-refractivity contribution is 0.206. The largest absolute Gasteiger partial charge is 0.493 e. The first-order valence-electron chi connectivity index (χ1n) is 10.7. The van der Waals surface area contributed by atoms with Gasteiger partial charge >= 0.3 is 6.03 Å². The van der Waals surface area contributed by atoms with E-state index in [4.69, 9.17) is 21.1 Å². The van der Waals surface area contributed by atoms with Gasteiger partial charge in [0.1, 0.15) is 5.82 Å². The molecule has 0 saturated carbocycles. The molecule has 0 aliphatic heterocycles. The lowest BCUT2D eigenvalue weighted by atomic mass is 10.1. The molecule has 0 radical (unpaired) electrons. The van der Waals surface area contributed by atoms with Crippen molar-refractivity contribution in [2.45, 2.75) is 13.1 Å². The van der Waals surface area contributed by atoms with Crippen LogP contribution in [0.3, 0.4) is 0 Å². The Hall–Kier alpha value is -4.04. The van der Waals surface area contributed by atoms with Crippen molar-refractivity contribution in [3.63, 3.8) is 0 Å². The van der Waals surface area contributed by atoms with Crippen LogP contribution in [0.15, 0.2) is 71.5 Å². The van der Waals surface area contributed by atoms with E-state index in [1.165, 1.54) is 43.4 Å². The molecule has 2 amide bonds. The number of fused-ring (bicyclic) bond motifs is 1. The summed E-state index contributed by atoms with van der Waals surface area (Å²) in [5, 5.41) is 4.06. The quantitative estimate of drug-likeness (QED) is 0.351. The van der Waals surface area contributed by atoms with Gasteiger partial charge in [0.05, 0.1) is 26.3 Å². The number of urea groups is 1. The first-order chi connectivity index (χ1) is 16.9. The van der Waals surface area contributed by atoms with Gasteiger partial charge in [0.2, 0.25) is 0 Å². The summed E-state index contributed by atoms with van der Waals surface area (Å²) in [5.41, 5.74) is 1.89. The van der Waals surface area contributed by atoms with Gasteiger partial charge in [-0.25, -0.2) is 9.18 Å². The predicted molar refractivity (Wildman–Crippen MR) is 134 cm³/mol. The topological polar surface area (TPSA) is 83.7 Å². The first-order valence-corrected chi connectivity index (χ1v) is 11.1. The Morgan fingerprint density at radius 1 is 0.971 bits per heavy atom. The highest BCUT2D eigenvalue weighted by atomic mass is 35.5. The minimum atomic E-state index is -0.446. The van der Waals surface area contributed by atoms with E-state index in [2.05, 4.69) is 10.3 Å². The maximum atomic E-state index is 13.3. The number of aromatic nitrogens is 1. The van der Waals surface area contributed by atoms with Crippen LogP contribution in [-0.4, -0.2) is 30.1 Å². The van der Waals surface area contributed by atoms with E-state index >= 15 is 0 Å². The van der Waals surface area contributed by atoms with Gasteiger partial charge in [-0.2, -0.15) is 0 Å². The maximum Gasteiger partial charge on any atom is 0.322 e. The Bertz CT molecular complexity index is 1410. The van der Waals surface area contributed by atoms with Crippen LogP contribution in [0.25, 0.3) is 10.9 Å². The summed E-state index contributed by atoms with van der Waals surface area (Å²) >= 11 is 6.00. The van der Waals surface area contributed by atoms with Crippen molar-refractivity contribution in [3.8, 4) is 11.5 Å². The molecule has 0 spiro atoms. The summed E-state index contributed by atoms with van der Waals surface area (Å²) in [5.74, 6) is 0.604. The second-order valence-corrected chi connectivity index (χ2v) is 8.27. The second kappa shape index (κ2) is 10.5. The number of amides is 2. The van der Waals surface area contributed by atoms with Crippen LogP contribution >= 0.6 is 11.6 Å². The number of anilines is 1. The molecule has 4 aromatic rings. The number of H-pyrrole nitrogens is 1. The van der Waals surface area contributed by atoms with Gasteiger partial charge in [-0.15, -0.1) is 0 Å². The number of aromatic amines is 1. The zero-order valence-electron chi connectivity index (χ0n) is 19.1. The van der Waals surface area contributed by atoms with Crippen LogP contribution in [0.5, 0.6) is 11.5 Å². The van der Waals surface area contributed by atoms with E-state index in [-0.39, 0.29) is 18.6 Å². The van der Waals surface area contributed by atoms with Crippen molar-refractivity contribution in [2.24, 2.45) is 0 Å². The SMILES string of the molecule is COc1cc2cc(CN(Cc3ccc(Cl)cc3)C(=O)Nc3ccc(F)cc3)c(=O)[nH]c2cc1OC. The Balaban J connectivity index is 1.67. The zero-order chi connectivity index (χ0) is 24.9. The molecule has 0 unspecified atom stereocenters. The lowest BCUT2D eigenvalue weighted by Crippen LogP contribution is -2.35. The normalized spacial score (nSPS) is 10.7. The highest BCUT2D eigenvalue weighted by molar-refractivity contribution is 6.30. The van der Waals surface area contributed by atoms with E-state index < -0.39 is 11.8 Å². The molecule has 1 heterocycles. The number of carbonyl (C=O) groups is 1. The molecule has 0 atom stereocenters. The molecule has 0 fully saturated rings. The molecule has 0 saturated heterocycles. The molecule has 3 aromatic carbocycles. The lowest BCUT2D eigenvalue weighted by Gasteiger charge is -2.23. The Morgan fingerprint density at radius 2 is 1.63 bits per heavy atom. The number of hydrogen-bond acceptors (Lipinski definition) is 4. The average molecular weight is 496 g/mol. The molecule has 2 N–H and O–H groups in total. The summed E-state index contributed by atoms with van der Waals surface area (Å²) < 4.78 is 24.0. The van der Waals surface area contributed by atoms with E-state index in [1.54, 1.807) is 30.3 Å². The fourth-order valence-electron chi connectivity index (χ4n) is 3.65. The highest BCUT2D eigenvalue weighted by Gasteiger charge is 2.18. The molecule has 0 bridgehead atoms. The van der Waals surface area contributed by atoms with Crippen LogP contribution in [0, 0.1) is 5.82 Å². The van der Waals surface area contributed by atoms with Gasteiger partial charge in [0.15, 0.2) is 11.5 Å². The highest BCUT2D eigenvalue weighted by Crippen LogP contribution is 2.31. The van der Waals surface area contributed by atoms with Gasteiger partial charge < -0.3 is 24.7 Å². The van der Waals surface area contributed by atoms with Crippen molar-refractivity contribution in [3.05, 3.63) is 99.1 Å². The fourth-order valence-corrected chi connectivity index (χ4v) is 3.77. The number of carbonyl (C=O) groups excluding carboxylic acids is 1. The molecule has 35 heavy (non-hydrogen) atoms. The molecule has 1 aromatic heterocycles. The number of nitrogens with one attached hydrogen (secondary N) is 2. The third-order valence-electron chi connectivity index (χ3n) is 5.46. The number of ether oxygens (including phenoxy) is 2. The summed E-state index contributed by atoms with van der Waals surface area (Å²) in [6.07, 6.45) is 0. The van der Waals surface area contributed by atoms with Crippen molar-refractivity contribution < 1.29 is 18.7 Å². The molecule has 7 nitrogen and oxygen atoms in total. The molecule has 9 heteroatoms. The molecule has 0 aliphatic carbocycles. The molecular formula is C26H23ClFN3O4. The van der Waals surface area contributed by atoms with Crippen molar-refractivity contribution in [1.29, 1.82) is 0 Å². The third kappa shape index (κ3) is 5.73. The van der Waals surface area contributed by atoms with Gasteiger partial charge in [0, 0.05) is 34.3 Å². The second-order valence-electron chi connectivity index (χ2n) is 7.84. The fraction of sp³-hybridized carbons (Fsp3) is 0.154. The number of benzene rings is 3. The number of halogens is 2. The Labute approximate surface area is 206 Å². The Kier molecular flexibility index (Phi) is 7.22. The average Bonchev–Trinajstić information content (AvgIpc) is 2.85. The summed E-state index contributed by atoms with van der Waals surface area (Å²) in [6, 6.07) is 17.3. The van der Waals surface area contributed by atoms with Gasteiger partial charge in [0.25, 0.3) is 5.56 Å². The number of methoxy groups -OCH3 is 2. The van der Waals surface area contributed by atoms with E-state index in [1.807, 2.05) is 12.1 Å². The number of nitrogens with zero attached hydrogens (tertiary/aromatic N) is 1. The number of rotatable bonds is 7. The van der Waals surface area contributed by atoms with Crippen molar-refractivity contribution >= 4 is 34.2 Å². The Morgan fingerprint density at radius 3 is 2.29 bits per heavy atom. The number of hydrogen-bond donors (Lipinski definition) is 2. The predicted octanol–water partition coefficient (Wildman–Crippen LogP) is 5.57. The molecule has 0 aliphatic rings. The molecule has 180 valence electrons. The number of pyridine rings is 1. The smallest absolute Gasteiger partial charge is 0.322 e. The van der Waals surface area contributed by atoms with E-state index in [0.717, 1.165) is 10.9 Å². The summed E-state index contributed by atoms with van der Waals surface area (Å²) in [7, 11) is 3.05. The van der Waals surface area contributed by atoms with Crippen LogP contribution in [0.1, 0.15) is 11.1 Å². The van der Waals surface area contributed by atoms with Gasteiger partial charge in [-0.1, -0.05) is 23.7 Å². The van der Waals surface area contributed by atoms with Crippen LogP contribution in [0.4, 0.5) is 14.9 Å². The third-order valence-corrected chi connectivity index (χ3v) is 5.71. The van der Waals surface area contributed by atoms with Crippen LogP contribution < -0.4 is 20.3 Å². The monoisotopic (exact) mass is 495 g/mol. The van der Waals surface area contributed by atoms with Gasteiger partial charge in [-0.3, -0.25) is 4.79 Å². The van der Waals surface area contributed by atoms with Crippen LogP contribution in [-0.2, 0) is 13.1 Å². The minimum Gasteiger partial charge on any atom is -0.493 e. The standard InChI is InChI=1S/C26H23ClFN3O4/c1-34-23-12-17-11-18(25(32)30-22(17)13-24(23)35-2)15-31(14-16-3-5-19(27)6-4-16)26(33)29-21-9-7-20(28)8-10-21/h3-13H,14-15H2,1-2H3,(H,29,33)(H,30,32). The zero-order valence-corrected chi connectivity index (χ0v) is 19.9. The maximum absolute atomic E-state index is 13.3. The summed E-state index contributed by atoms with van der Waals surface area (Å²) in [6.45, 7) is 0.239. The van der Waals surface area contributed by atoms with Gasteiger partial charge in [-0.05, 0) is 54.1 Å². The van der Waals surface area contributed by atoms with Crippen molar-refractivity contribution in [2.75, 3.05) is 19.5 Å². The van der Waals surface area contributed by atoms with E-state index in [0.29, 0.717) is 33.3 Å². The van der Waals surface area contributed by atoms with Crippen molar-refractivity contribution in [1.82, 2.24) is 9.88 Å². The van der Waals surface area contributed by atoms with E-state index in [9.17, 15) is 14.0 Å². The molecule has 4 rings (SSSR count).